The van der Waals surface area contributed by atoms with Gasteiger partial charge in [-0.15, -0.1) is 11.7 Å². The molecule has 0 bridgehead atoms. The van der Waals surface area contributed by atoms with E-state index in [9.17, 15) is 0 Å². The summed E-state index contributed by atoms with van der Waals surface area (Å²) < 4.78 is 0. The molecule has 2 rings (SSSR count). The molecule has 1 aromatic heterocycles. The van der Waals surface area contributed by atoms with E-state index in [1.807, 2.05) is 24.3 Å². The third-order valence-corrected chi connectivity index (χ3v) is 2.13. The molecule has 0 spiro atoms. The van der Waals surface area contributed by atoms with Crippen molar-refractivity contribution in [3.05, 3.63) is 61.0 Å². The molecular weight excluding hydrogens is 200 g/mol. The molecule has 1 unspecified atom stereocenters. The standard InChI is InChI=1S/C10H13N.C2H3N3/c1-3-5-9-7-4-6-8(2)10(9)11;1-2-4-5-3-1/h3-4,6-7,10H,1-2,5,11H2;1-2H,(H,3,4,5). The van der Waals surface area contributed by atoms with Gasteiger partial charge in [0, 0.05) is 6.20 Å². The Morgan fingerprint density at radius 3 is 2.88 bits per heavy atom. The highest BCUT2D eigenvalue weighted by molar-refractivity contribution is 5.39. The fourth-order valence-electron chi connectivity index (χ4n) is 1.27. The lowest BCUT2D eigenvalue weighted by Gasteiger charge is -2.17. The minimum Gasteiger partial charge on any atom is -0.321 e. The molecule has 0 aromatic carbocycles. The monoisotopic (exact) mass is 216 g/mol. The molecule has 1 aromatic rings. The highest BCUT2D eigenvalue weighted by Gasteiger charge is 2.11. The summed E-state index contributed by atoms with van der Waals surface area (Å²) in [6.07, 6.45) is 11.9. The van der Waals surface area contributed by atoms with Gasteiger partial charge in [-0.2, -0.15) is 0 Å². The fourth-order valence-corrected chi connectivity index (χ4v) is 1.27. The van der Waals surface area contributed by atoms with Gasteiger partial charge in [0.2, 0.25) is 0 Å². The van der Waals surface area contributed by atoms with Gasteiger partial charge in [0.25, 0.3) is 0 Å². The number of hydrogen-bond donors (Lipinski definition) is 2. The van der Waals surface area contributed by atoms with Crippen molar-refractivity contribution in [1.29, 1.82) is 0 Å². The summed E-state index contributed by atoms with van der Waals surface area (Å²) in [5.41, 5.74) is 8.01. The van der Waals surface area contributed by atoms with E-state index < -0.39 is 0 Å². The maximum Gasteiger partial charge on any atom is 0.0690 e. The Morgan fingerprint density at radius 1 is 1.56 bits per heavy atom. The predicted molar refractivity (Wildman–Crippen MR) is 65.5 cm³/mol. The van der Waals surface area contributed by atoms with E-state index in [-0.39, 0.29) is 6.04 Å². The van der Waals surface area contributed by atoms with Crippen molar-refractivity contribution in [2.24, 2.45) is 5.73 Å². The van der Waals surface area contributed by atoms with Crippen LogP contribution in [0.3, 0.4) is 0 Å². The minimum absolute atomic E-state index is 0.00185. The molecule has 84 valence electrons. The molecule has 0 saturated heterocycles. The first-order valence-corrected chi connectivity index (χ1v) is 4.98. The average Bonchev–Trinajstić information content (AvgIpc) is 2.84. The lowest BCUT2D eigenvalue weighted by Crippen LogP contribution is -2.25. The zero-order valence-electron chi connectivity index (χ0n) is 9.13. The van der Waals surface area contributed by atoms with E-state index in [1.165, 1.54) is 5.57 Å². The summed E-state index contributed by atoms with van der Waals surface area (Å²) in [6.45, 7) is 7.50. The molecule has 4 nitrogen and oxygen atoms in total. The van der Waals surface area contributed by atoms with E-state index in [0.29, 0.717) is 0 Å². The number of nitrogens with zero attached hydrogens (tertiary/aromatic N) is 2. The number of aromatic amines is 1. The van der Waals surface area contributed by atoms with Crippen LogP contribution in [0.5, 0.6) is 0 Å². The number of aromatic nitrogens is 3. The van der Waals surface area contributed by atoms with Crippen molar-refractivity contribution in [3.8, 4) is 0 Å². The van der Waals surface area contributed by atoms with E-state index in [1.54, 1.807) is 12.4 Å². The van der Waals surface area contributed by atoms with Gasteiger partial charge in [0.15, 0.2) is 0 Å². The molecule has 0 amide bonds. The molecule has 1 atom stereocenters. The number of rotatable bonds is 2. The minimum atomic E-state index is -0.00185. The van der Waals surface area contributed by atoms with Crippen molar-refractivity contribution in [2.75, 3.05) is 0 Å². The summed E-state index contributed by atoms with van der Waals surface area (Å²) in [4.78, 5) is 0. The first-order chi connectivity index (χ1) is 7.75. The highest BCUT2D eigenvalue weighted by atomic mass is 15.3. The van der Waals surface area contributed by atoms with Crippen LogP contribution >= 0.6 is 0 Å². The average molecular weight is 216 g/mol. The molecule has 16 heavy (non-hydrogen) atoms. The van der Waals surface area contributed by atoms with Crippen LogP contribution in [0, 0.1) is 0 Å². The normalized spacial score (nSPS) is 18.4. The van der Waals surface area contributed by atoms with Gasteiger partial charge in [-0.1, -0.05) is 36.1 Å². The molecular formula is C12H16N4. The Hall–Kier alpha value is -1.94. The SMILES string of the molecule is C=CCC1=CC=CC(=C)C1N.c1c[nH]nn1. The third kappa shape index (κ3) is 3.67. The van der Waals surface area contributed by atoms with Crippen LogP contribution in [0.25, 0.3) is 0 Å². The molecule has 1 aliphatic rings. The van der Waals surface area contributed by atoms with Crippen molar-refractivity contribution in [2.45, 2.75) is 12.5 Å². The fraction of sp³-hybridized carbons (Fsp3) is 0.167. The van der Waals surface area contributed by atoms with Crippen molar-refractivity contribution in [1.82, 2.24) is 15.4 Å². The molecule has 0 aliphatic heterocycles. The van der Waals surface area contributed by atoms with Gasteiger partial charge >= 0.3 is 0 Å². The van der Waals surface area contributed by atoms with Crippen LogP contribution in [0.15, 0.2) is 61.0 Å². The van der Waals surface area contributed by atoms with E-state index >= 15 is 0 Å². The molecule has 0 radical (unpaired) electrons. The first-order valence-electron chi connectivity index (χ1n) is 4.98. The topological polar surface area (TPSA) is 67.6 Å². The van der Waals surface area contributed by atoms with Crippen molar-refractivity contribution in [3.63, 3.8) is 0 Å². The second-order valence-corrected chi connectivity index (χ2v) is 3.31. The second-order valence-electron chi connectivity index (χ2n) is 3.31. The highest BCUT2D eigenvalue weighted by Crippen LogP contribution is 2.17. The Balaban J connectivity index is 0.000000212. The summed E-state index contributed by atoms with van der Waals surface area (Å²) in [5, 5.41) is 9.26. The number of H-pyrrole nitrogens is 1. The van der Waals surface area contributed by atoms with E-state index in [2.05, 4.69) is 28.6 Å². The third-order valence-electron chi connectivity index (χ3n) is 2.13. The number of nitrogens with one attached hydrogen (secondary N) is 1. The van der Waals surface area contributed by atoms with Gasteiger partial charge in [-0.3, -0.25) is 5.10 Å². The van der Waals surface area contributed by atoms with Crippen LogP contribution < -0.4 is 5.73 Å². The molecule has 4 heteroatoms. The Bertz CT molecular complexity index is 370. The molecule has 1 heterocycles. The van der Waals surface area contributed by atoms with Crippen LogP contribution in [0.2, 0.25) is 0 Å². The summed E-state index contributed by atoms with van der Waals surface area (Å²) in [6, 6.07) is -0.00185. The lowest BCUT2D eigenvalue weighted by molar-refractivity contribution is 0.874. The van der Waals surface area contributed by atoms with Gasteiger partial charge in [0.1, 0.15) is 0 Å². The summed E-state index contributed by atoms with van der Waals surface area (Å²) >= 11 is 0. The predicted octanol–water partition coefficient (Wildman–Crippen LogP) is 1.75. The quantitative estimate of drug-likeness (QED) is 0.740. The van der Waals surface area contributed by atoms with Crippen LogP contribution in [-0.2, 0) is 0 Å². The molecule has 3 N–H and O–H groups in total. The van der Waals surface area contributed by atoms with Gasteiger partial charge in [-0.05, 0) is 17.6 Å². The van der Waals surface area contributed by atoms with Gasteiger partial charge in [-0.25, -0.2) is 0 Å². The second kappa shape index (κ2) is 6.53. The zero-order valence-corrected chi connectivity index (χ0v) is 9.13. The van der Waals surface area contributed by atoms with Crippen LogP contribution in [0.4, 0.5) is 0 Å². The zero-order chi connectivity index (χ0) is 11.8. The van der Waals surface area contributed by atoms with E-state index in [0.717, 1.165) is 12.0 Å². The van der Waals surface area contributed by atoms with Crippen LogP contribution in [-0.4, -0.2) is 21.5 Å². The smallest absolute Gasteiger partial charge is 0.0690 e. The van der Waals surface area contributed by atoms with Gasteiger partial charge < -0.3 is 5.73 Å². The summed E-state index contributed by atoms with van der Waals surface area (Å²) in [7, 11) is 0. The Morgan fingerprint density at radius 2 is 2.38 bits per heavy atom. The Kier molecular flexibility index (Phi) is 4.95. The molecule has 0 fully saturated rings. The molecule has 1 aliphatic carbocycles. The maximum absolute atomic E-state index is 5.84. The van der Waals surface area contributed by atoms with Crippen molar-refractivity contribution < 1.29 is 0 Å². The van der Waals surface area contributed by atoms with Crippen molar-refractivity contribution >= 4 is 0 Å². The largest absolute Gasteiger partial charge is 0.321 e. The van der Waals surface area contributed by atoms with E-state index in [4.69, 9.17) is 5.73 Å². The van der Waals surface area contributed by atoms with Crippen LogP contribution in [0.1, 0.15) is 6.42 Å². The summed E-state index contributed by atoms with van der Waals surface area (Å²) in [5.74, 6) is 0. The maximum atomic E-state index is 5.84. The molecule has 0 saturated carbocycles. The Labute approximate surface area is 95.2 Å². The number of allylic oxidation sites excluding steroid dienone is 3. The number of hydrogen-bond acceptors (Lipinski definition) is 3. The van der Waals surface area contributed by atoms with Gasteiger partial charge in [0.05, 0.1) is 12.2 Å². The first kappa shape index (κ1) is 12.1. The number of nitrogens with two attached hydrogens (primary N) is 1. The lowest BCUT2D eigenvalue weighted by atomic mass is 9.94.